The van der Waals surface area contributed by atoms with Crippen molar-refractivity contribution in [2.75, 3.05) is 6.54 Å². The number of carbonyl (C=O) groups is 3. The van der Waals surface area contributed by atoms with Crippen LogP contribution in [0.5, 0.6) is 0 Å². The Kier molecular flexibility index (Phi) is 5.86. The van der Waals surface area contributed by atoms with E-state index >= 15 is 0 Å². The zero-order chi connectivity index (χ0) is 19.6. The van der Waals surface area contributed by atoms with Gasteiger partial charge in [0.2, 0.25) is 0 Å². The lowest BCUT2D eigenvalue weighted by molar-refractivity contribution is -0.149. The van der Waals surface area contributed by atoms with Gasteiger partial charge in [-0.05, 0) is 62.0 Å². The van der Waals surface area contributed by atoms with Crippen molar-refractivity contribution in [2.45, 2.75) is 20.0 Å². The standard InChI is InChI=1S/C19H17BrN2O4S/c1-12(2)26-17(23)11-22-18(24)16(27-19(22)25)10-15-7-4-8-21(15)14-6-3-5-13(20)9-14/h3-10,12H,11H2,1-2H3/b16-10+. The number of thioether (sulfide) groups is 1. The molecule has 6 nitrogen and oxygen atoms in total. The molecule has 0 radical (unpaired) electrons. The number of benzene rings is 1. The number of halogens is 1. The fourth-order valence-corrected chi connectivity index (χ4v) is 3.78. The predicted molar refractivity (Wildman–Crippen MR) is 107 cm³/mol. The molecule has 1 aromatic carbocycles. The van der Waals surface area contributed by atoms with E-state index in [1.807, 2.05) is 47.2 Å². The van der Waals surface area contributed by atoms with Gasteiger partial charge in [-0.25, -0.2) is 0 Å². The zero-order valence-corrected chi connectivity index (χ0v) is 17.1. The molecule has 2 heterocycles. The fraction of sp³-hybridized carbons (Fsp3) is 0.211. The summed E-state index contributed by atoms with van der Waals surface area (Å²) in [5.41, 5.74) is 1.67. The molecule has 2 amide bonds. The van der Waals surface area contributed by atoms with Gasteiger partial charge in [-0.3, -0.25) is 19.3 Å². The van der Waals surface area contributed by atoms with Gasteiger partial charge in [0.05, 0.1) is 11.0 Å². The van der Waals surface area contributed by atoms with Crippen LogP contribution in [0.4, 0.5) is 4.79 Å². The van der Waals surface area contributed by atoms with Crippen molar-refractivity contribution in [1.29, 1.82) is 0 Å². The maximum Gasteiger partial charge on any atom is 0.326 e. The molecule has 140 valence electrons. The van der Waals surface area contributed by atoms with Crippen LogP contribution < -0.4 is 0 Å². The zero-order valence-electron chi connectivity index (χ0n) is 14.7. The summed E-state index contributed by atoms with van der Waals surface area (Å²) >= 11 is 4.26. The van der Waals surface area contributed by atoms with E-state index in [-0.39, 0.29) is 17.6 Å². The largest absolute Gasteiger partial charge is 0.462 e. The molecule has 0 aliphatic carbocycles. The van der Waals surface area contributed by atoms with Crippen LogP contribution in [0.25, 0.3) is 11.8 Å². The number of ether oxygens (including phenoxy) is 1. The summed E-state index contributed by atoms with van der Waals surface area (Å²) in [4.78, 5) is 37.7. The molecule has 1 aromatic heterocycles. The molecule has 0 N–H and O–H groups in total. The van der Waals surface area contributed by atoms with E-state index in [2.05, 4.69) is 15.9 Å². The lowest BCUT2D eigenvalue weighted by Gasteiger charge is -2.13. The number of aromatic nitrogens is 1. The number of hydrogen-bond donors (Lipinski definition) is 0. The van der Waals surface area contributed by atoms with Crippen molar-refractivity contribution in [3.63, 3.8) is 0 Å². The smallest absolute Gasteiger partial charge is 0.326 e. The molecule has 1 fully saturated rings. The SMILES string of the molecule is CC(C)OC(=O)CN1C(=O)S/C(=C/c2cccn2-c2cccc(Br)c2)C1=O. The molecule has 1 aliphatic rings. The van der Waals surface area contributed by atoms with Gasteiger partial charge in [-0.2, -0.15) is 0 Å². The Balaban J connectivity index is 1.83. The number of imide groups is 1. The normalized spacial score (nSPS) is 15.9. The molecular weight excluding hydrogens is 432 g/mol. The lowest BCUT2D eigenvalue weighted by atomic mass is 10.3. The summed E-state index contributed by atoms with van der Waals surface area (Å²) in [7, 11) is 0. The van der Waals surface area contributed by atoms with Gasteiger partial charge in [-0.15, -0.1) is 0 Å². The van der Waals surface area contributed by atoms with E-state index in [0.717, 1.165) is 32.5 Å². The number of amides is 2. The molecular formula is C19H17BrN2O4S. The second-order valence-corrected chi connectivity index (χ2v) is 8.00. The monoisotopic (exact) mass is 448 g/mol. The second kappa shape index (κ2) is 8.14. The van der Waals surface area contributed by atoms with Gasteiger partial charge in [0.15, 0.2) is 0 Å². The Morgan fingerprint density at radius 3 is 2.74 bits per heavy atom. The van der Waals surface area contributed by atoms with E-state index in [9.17, 15) is 14.4 Å². The van der Waals surface area contributed by atoms with Crippen molar-refractivity contribution >= 4 is 50.9 Å². The maximum atomic E-state index is 12.6. The molecule has 0 spiro atoms. The van der Waals surface area contributed by atoms with Crippen LogP contribution in [-0.4, -0.2) is 39.2 Å². The van der Waals surface area contributed by atoms with Crippen LogP contribution in [-0.2, 0) is 14.3 Å². The minimum Gasteiger partial charge on any atom is -0.462 e. The summed E-state index contributed by atoms with van der Waals surface area (Å²) in [6, 6.07) is 11.4. The molecule has 1 saturated heterocycles. The lowest BCUT2D eigenvalue weighted by Crippen LogP contribution is -2.35. The van der Waals surface area contributed by atoms with Crippen LogP contribution in [0.3, 0.4) is 0 Å². The Hall–Kier alpha value is -2.32. The number of rotatable bonds is 5. The highest BCUT2D eigenvalue weighted by atomic mass is 79.9. The van der Waals surface area contributed by atoms with Crippen LogP contribution in [0.1, 0.15) is 19.5 Å². The van der Waals surface area contributed by atoms with E-state index in [1.54, 1.807) is 19.9 Å². The molecule has 0 atom stereocenters. The molecule has 0 bridgehead atoms. The van der Waals surface area contributed by atoms with Gasteiger partial charge in [0.1, 0.15) is 6.54 Å². The highest BCUT2D eigenvalue weighted by molar-refractivity contribution is 9.10. The maximum absolute atomic E-state index is 12.6. The van der Waals surface area contributed by atoms with E-state index in [0.29, 0.717) is 0 Å². The summed E-state index contributed by atoms with van der Waals surface area (Å²) in [5.74, 6) is -1.10. The van der Waals surface area contributed by atoms with Gasteiger partial charge >= 0.3 is 5.97 Å². The number of esters is 1. The van der Waals surface area contributed by atoms with Crippen molar-refractivity contribution in [1.82, 2.24) is 9.47 Å². The number of hydrogen-bond acceptors (Lipinski definition) is 5. The number of nitrogens with zero attached hydrogens (tertiary/aromatic N) is 2. The van der Waals surface area contributed by atoms with Gasteiger partial charge < -0.3 is 9.30 Å². The van der Waals surface area contributed by atoms with Gasteiger partial charge in [-0.1, -0.05) is 22.0 Å². The summed E-state index contributed by atoms with van der Waals surface area (Å²) in [5, 5.41) is -0.479. The third-order valence-corrected chi connectivity index (χ3v) is 5.07. The summed E-state index contributed by atoms with van der Waals surface area (Å²) in [6.45, 7) is 3.04. The Labute approximate surface area is 169 Å². The average molecular weight is 449 g/mol. The van der Waals surface area contributed by atoms with Crippen molar-refractivity contribution in [3.05, 3.63) is 57.7 Å². The molecule has 8 heteroatoms. The molecule has 2 aromatic rings. The third-order valence-electron chi connectivity index (χ3n) is 3.67. The summed E-state index contributed by atoms with van der Waals surface area (Å²) in [6.07, 6.45) is 3.22. The Morgan fingerprint density at radius 1 is 1.26 bits per heavy atom. The van der Waals surface area contributed by atoms with Crippen LogP contribution in [0.15, 0.2) is 52.0 Å². The first-order valence-corrected chi connectivity index (χ1v) is 9.84. The van der Waals surface area contributed by atoms with E-state index in [1.165, 1.54) is 0 Å². The quantitative estimate of drug-likeness (QED) is 0.505. The highest BCUT2D eigenvalue weighted by Crippen LogP contribution is 2.32. The Morgan fingerprint density at radius 2 is 2.04 bits per heavy atom. The molecule has 0 unspecified atom stereocenters. The highest BCUT2D eigenvalue weighted by Gasteiger charge is 2.37. The second-order valence-electron chi connectivity index (χ2n) is 6.09. The van der Waals surface area contributed by atoms with Crippen LogP contribution in [0, 0.1) is 0 Å². The predicted octanol–water partition coefficient (Wildman–Crippen LogP) is 4.23. The van der Waals surface area contributed by atoms with Gasteiger partial charge in [0.25, 0.3) is 11.1 Å². The number of carbonyl (C=O) groups excluding carboxylic acids is 3. The van der Waals surface area contributed by atoms with Gasteiger partial charge in [0, 0.05) is 22.1 Å². The summed E-state index contributed by atoms with van der Waals surface area (Å²) < 4.78 is 7.86. The first-order valence-electron chi connectivity index (χ1n) is 8.23. The third kappa shape index (κ3) is 4.51. The van der Waals surface area contributed by atoms with E-state index in [4.69, 9.17) is 4.74 Å². The van der Waals surface area contributed by atoms with Crippen molar-refractivity contribution in [2.24, 2.45) is 0 Å². The topological polar surface area (TPSA) is 68.6 Å². The van der Waals surface area contributed by atoms with E-state index < -0.39 is 17.1 Å². The van der Waals surface area contributed by atoms with Crippen molar-refractivity contribution in [3.8, 4) is 5.69 Å². The van der Waals surface area contributed by atoms with Crippen LogP contribution in [0.2, 0.25) is 0 Å². The molecule has 0 saturated carbocycles. The first-order chi connectivity index (χ1) is 12.8. The minimum atomic E-state index is -0.605. The van der Waals surface area contributed by atoms with Crippen LogP contribution >= 0.6 is 27.7 Å². The first kappa shape index (κ1) is 19.4. The minimum absolute atomic E-state index is 0.271. The molecule has 27 heavy (non-hydrogen) atoms. The Bertz CT molecular complexity index is 935. The average Bonchev–Trinajstić information content (AvgIpc) is 3.15. The van der Waals surface area contributed by atoms with Crippen molar-refractivity contribution < 1.29 is 19.1 Å². The molecule has 3 rings (SSSR count). The fourth-order valence-electron chi connectivity index (χ4n) is 2.57. The molecule has 1 aliphatic heterocycles.